The number of anilines is 1. The number of furan rings is 1. The molecule has 2 aromatic rings. The van der Waals surface area contributed by atoms with Crippen LogP contribution < -0.4 is 5.32 Å². The maximum atomic E-state index is 12.7. The minimum atomic E-state index is -0.160. The first-order chi connectivity index (χ1) is 11.7. The van der Waals surface area contributed by atoms with Gasteiger partial charge in [-0.3, -0.25) is 9.59 Å². The molecule has 0 radical (unpaired) electrons. The minimum absolute atomic E-state index is 0.0110. The number of hydrogen-bond donors (Lipinski definition) is 1. The summed E-state index contributed by atoms with van der Waals surface area (Å²) in [6.07, 6.45) is 5.83. The summed E-state index contributed by atoms with van der Waals surface area (Å²) in [5, 5.41) is 5.28. The van der Waals surface area contributed by atoms with E-state index in [9.17, 15) is 9.59 Å². The summed E-state index contributed by atoms with van der Waals surface area (Å²) >= 11 is 1.40. The third-order valence-electron chi connectivity index (χ3n) is 4.78. The molecule has 0 spiro atoms. The van der Waals surface area contributed by atoms with Crippen LogP contribution in [0.1, 0.15) is 30.9 Å². The van der Waals surface area contributed by atoms with Crippen molar-refractivity contribution in [1.82, 2.24) is 9.88 Å². The van der Waals surface area contributed by atoms with Crippen molar-refractivity contribution >= 4 is 28.3 Å². The van der Waals surface area contributed by atoms with Crippen molar-refractivity contribution < 1.29 is 14.0 Å². The van der Waals surface area contributed by atoms with Gasteiger partial charge in [-0.2, -0.15) is 0 Å². The van der Waals surface area contributed by atoms with Crippen LogP contribution in [0.5, 0.6) is 0 Å². The molecule has 1 saturated heterocycles. The van der Waals surface area contributed by atoms with Gasteiger partial charge < -0.3 is 14.6 Å². The van der Waals surface area contributed by atoms with Crippen LogP contribution in [0.15, 0.2) is 34.4 Å². The van der Waals surface area contributed by atoms with E-state index in [1.54, 1.807) is 12.5 Å². The van der Waals surface area contributed by atoms with Gasteiger partial charge in [0.1, 0.15) is 5.76 Å². The summed E-state index contributed by atoms with van der Waals surface area (Å²) < 4.78 is 5.40. The van der Waals surface area contributed by atoms with Crippen LogP contribution in [0, 0.1) is 11.8 Å². The number of rotatable bonds is 4. The van der Waals surface area contributed by atoms with E-state index in [1.807, 2.05) is 22.4 Å². The monoisotopic (exact) mass is 345 g/mol. The number of piperidine rings is 1. The second kappa shape index (κ2) is 6.39. The largest absolute Gasteiger partial charge is 0.469 e. The second-order valence-electron chi connectivity index (χ2n) is 6.41. The first-order valence-corrected chi connectivity index (χ1v) is 9.13. The molecule has 0 unspecified atom stereocenters. The number of thiazole rings is 1. The predicted octanol–water partition coefficient (Wildman–Crippen LogP) is 2.72. The van der Waals surface area contributed by atoms with Gasteiger partial charge in [-0.25, -0.2) is 4.98 Å². The molecular weight excluding hydrogens is 326 g/mol. The van der Waals surface area contributed by atoms with E-state index in [-0.39, 0.29) is 29.6 Å². The SMILES string of the molecule is O=C(Nc1nccs1)[C@@H]1CCCN(C(=O)[C@@H]2C[C@H]2c2ccco2)C1. The first-order valence-electron chi connectivity index (χ1n) is 8.25. The maximum Gasteiger partial charge on any atom is 0.231 e. The number of amides is 2. The third kappa shape index (κ3) is 3.08. The molecule has 1 saturated carbocycles. The normalized spacial score (nSPS) is 26.2. The molecule has 2 aromatic heterocycles. The van der Waals surface area contributed by atoms with Gasteiger partial charge in [-0.15, -0.1) is 11.3 Å². The molecule has 1 N–H and O–H groups in total. The van der Waals surface area contributed by atoms with Crippen molar-refractivity contribution in [1.29, 1.82) is 0 Å². The van der Waals surface area contributed by atoms with Crippen molar-refractivity contribution in [3.8, 4) is 0 Å². The Morgan fingerprint density at radius 3 is 3.08 bits per heavy atom. The summed E-state index contributed by atoms with van der Waals surface area (Å²) in [7, 11) is 0. The lowest BCUT2D eigenvalue weighted by Gasteiger charge is -2.32. The van der Waals surface area contributed by atoms with E-state index in [2.05, 4.69) is 10.3 Å². The Hall–Kier alpha value is -2.15. The smallest absolute Gasteiger partial charge is 0.231 e. The summed E-state index contributed by atoms with van der Waals surface area (Å²) in [4.78, 5) is 31.0. The first kappa shape index (κ1) is 15.4. The second-order valence-corrected chi connectivity index (χ2v) is 7.31. The average molecular weight is 345 g/mol. The lowest BCUT2D eigenvalue weighted by atomic mass is 9.96. The van der Waals surface area contributed by atoms with Crippen LogP contribution in [0.2, 0.25) is 0 Å². The fourth-order valence-corrected chi connectivity index (χ4v) is 3.93. The summed E-state index contributed by atoms with van der Waals surface area (Å²) in [6, 6.07) is 3.79. The predicted molar refractivity (Wildman–Crippen MR) is 89.6 cm³/mol. The topological polar surface area (TPSA) is 75.4 Å². The molecule has 126 valence electrons. The van der Waals surface area contributed by atoms with E-state index in [4.69, 9.17) is 4.42 Å². The van der Waals surface area contributed by atoms with E-state index in [0.717, 1.165) is 31.6 Å². The van der Waals surface area contributed by atoms with Crippen LogP contribution in [0.3, 0.4) is 0 Å². The van der Waals surface area contributed by atoms with Crippen LogP contribution in [0.25, 0.3) is 0 Å². The van der Waals surface area contributed by atoms with E-state index in [1.165, 1.54) is 11.3 Å². The Labute approximate surface area is 143 Å². The van der Waals surface area contributed by atoms with Crippen LogP contribution >= 0.6 is 11.3 Å². The zero-order valence-corrected chi connectivity index (χ0v) is 14.0. The fraction of sp³-hybridized carbons (Fsp3) is 0.471. The molecule has 24 heavy (non-hydrogen) atoms. The number of likely N-dealkylation sites (tertiary alicyclic amines) is 1. The number of nitrogens with one attached hydrogen (secondary N) is 1. The van der Waals surface area contributed by atoms with Crippen LogP contribution in [-0.2, 0) is 9.59 Å². The Bertz CT molecular complexity index is 714. The molecule has 3 atom stereocenters. The zero-order valence-electron chi connectivity index (χ0n) is 13.2. The van der Waals surface area contributed by atoms with E-state index in [0.29, 0.717) is 11.7 Å². The van der Waals surface area contributed by atoms with Gasteiger partial charge in [0, 0.05) is 36.5 Å². The molecule has 2 aliphatic rings. The number of aromatic nitrogens is 1. The molecule has 1 aliphatic heterocycles. The molecule has 2 amide bonds. The molecule has 0 bridgehead atoms. The number of nitrogens with zero attached hydrogens (tertiary/aromatic N) is 2. The van der Waals surface area contributed by atoms with Crippen molar-refractivity contribution in [2.24, 2.45) is 11.8 Å². The molecule has 4 rings (SSSR count). The number of hydrogen-bond acceptors (Lipinski definition) is 5. The van der Waals surface area contributed by atoms with Crippen LogP contribution in [-0.4, -0.2) is 34.8 Å². The summed E-state index contributed by atoms with van der Waals surface area (Å²) in [5.41, 5.74) is 0. The molecule has 2 fully saturated rings. The Kier molecular flexibility index (Phi) is 4.10. The van der Waals surface area contributed by atoms with Crippen molar-refractivity contribution in [3.63, 3.8) is 0 Å². The number of carbonyl (C=O) groups is 2. The minimum Gasteiger partial charge on any atom is -0.469 e. The molecule has 6 nitrogen and oxygen atoms in total. The Morgan fingerprint density at radius 1 is 1.42 bits per heavy atom. The molecule has 1 aliphatic carbocycles. The van der Waals surface area contributed by atoms with Crippen LogP contribution in [0.4, 0.5) is 5.13 Å². The molecule has 0 aromatic carbocycles. The van der Waals surface area contributed by atoms with Gasteiger partial charge in [0.25, 0.3) is 0 Å². The van der Waals surface area contributed by atoms with E-state index < -0.39 is 0 Å². The quantitative estimate of drug-likeness (QED) is 0.924. The highest BCUT2D eigenvalue weighted by molar-refractivity contribution is 7.13. The fourth-order valence-electron chi connectivity index (χ4n) is 3.40. The van der Waals surface area contributed by atoms with Crippen molar-refractivity contribution in [2.45, 2.75) is 25.2 Å². The van der Waals surface area contributed by atoms with Crippen molar-refractivity contribution in [3.05, 3.63) is 35.7 Å². The highest BCUT2D eigenvalue weighted by atomic mass is 32.1. The molecule has 7 heteroatoms. The Morgan fingerprint density at radius 2 is 2.33 bits per heavy atom. The van der Waals surface area contributed by atoms with E-state index >= 15 is 0 Å². The van der Waals surface area contributed by atoms with Gasteiger partial charge in [0.05, 0.1) is 12.2 Å². The average Bonchev–Trinajstić information content (AvgIpc) is 3.01. The lowest BCUT2D eigenvalue weighted by Crippen LogP contribution is -2.44. The molecular formula is C17H19N3O3S. The maximum absolute atomic E-state index is 12.7. The van der Waals surface area contributed by atoms with Gasteiger partial charge >= 0.3 is 0 Å². The van der Waals surface area contributed by atoms with Gasteiger partial charge in [0.15, 0.2) is 5.13 Å². The van der Waals surface area contributed by atoms with Crippen molar-refractivity contribution in [2.75, 3.05) is 18.4 Å². The third-order valence-corrected chi connectivity index (χ3v) is 5.47. The Balaban J connectivity index is 1.35. The van der Waals surface area contributed by atoms with Gasteiger partial charge in [0.2, 0.25) is 11.8 Å². The summed E-state index contributed by atoms with van der Waals surface area (Å²) in [6.45, 7) is 1.23. The highest BCUT2D eigenvalue weighted by Crippen LogP contribution is 2.48. The highest BCUT2D eigenvalue weighted by Gasteiger charge is 2.48. The summed E-state index contributed by atoms with van der Waals surface area (Å²) in [5.74, 6) is 1.06. The lowest BCUT2D eigenvalue weighted by molar-refractivity contribution is -0.136. The van der Waals surface area contributed by atoms with Gasteiger partial charge in [-0.05, 0) is 31.4 Å². The standard InChI is InChI=1S/C17H19N3O3S/c21-15(19-17-18-5-8-24-17)11-3-1-6-20(10-11)16(22)13-9-12(13)14-4-2-7-23-14/h2,4-5,7-8,11-13H,1,3,6,9-10H2,(H,18,19,21)/t11-,12-,13-/m1/s1. The molecule has 3 heterocycles. The van der Waals surface area contributed by atoms with Gasteiger partial charge in [-0.1, -0.05) is 0 Å². The number of carbonyl (C=O) groups excluding carboxylic acids is 2. The zero-order chi connectivity index (χ0) is 16.5.